The number of aromatic nitrogens is 2. The van der Waals surface area contributed by atoms with E-state index in [4.69, 9.17) is 5.73 Å². The Kier molecular flexibility index (Phi) is 5.73. The molecule has 1 aliphatic rings. The fourth-order valence-corrected chi connectivity index (χ4v) is 6.85. The topological polar surface area (TPSA) is 107 Å². The lowest BCUT2D eigenvalue weighted by molar-refractivity contribution is -0.113. The van der Waals surface area contributed by atoms with Crippen molar-refractivity contribution in [3.63, 3.8) is 0 Å². The summed E-state index contributed by atoms with van der Waals surface area (Å²) in [6.45, 7) is 3.90. The Labute approximate surface area is 185 Å². The van der Waals surface area contributed by atoms with Crippen molar-refractivity contribution >= 4 is 61.5 Å². The summed E-state index contributed by atoms with van der Waals surface area (Å²) in [6, 6.07) is 0. The number of nitrogens with one attached hydrogen (secondary N) is 1. The van der Waals surface area contributed by atoms with Gasteiger partial charge in [-0.2, -0.15) is 0 Å². The number of hydrogen-bond donors (Lipinski definition) is 2. The molecule has 0 unspecified atom stereocenters. The summed E-state index contributed by atoms with van der Waals surface area (Å²) in [4.78, 5) is 44.8. The second-order valence-electron chi connectivity index (χ2n) is 7.34. The first-order chi connectivity index (χ1) is 14.3. The molecule has 2 amide bonds. The molecule has 0 fully saturated rings. The summed E-state index contributed by atoms with van der Waals surface area (Å²) in [5, 5.41) is 4.51. The van der Waals surface area contributed by atoms with E-state index < -0.39 is 5.91 Å². The van der Waals surface area contributed by atoms with E-state index in [1.165, 1.54) is 39.0 Å². The van der Waals surface area contributed by atoms with E-state index in [9.17, 15) is 14.4 Å². The summed E-state index contributed by atoms with van der Waals surface area (Å²) in [5.74, 6) is -0.681. The first-order valence-corrected chi connectivity index (χ1v) is 12.2. The van der Waals surface area contributed by atoms with E-state index in [-0.39, 0.29) is 17.2 Å². The number of amides is 2. The number of fused-ring (bicyclic) bond motifs is 2. The van der Waals surface area contributed by atoms with Crippen LogP contribution in [0.4, 0.5) is 5.00 Å². The fraction of sp³-hybridized carbons (Fsp3) is 0.400. The molecule has 3 aromatic rings. The number of primary amides is 1. The molecule has 3 aromatic heterocycles. The van der Waals surface area contributed by atoms with Gasteiger partial charge in [-0.1, -0.05) is 11.8 Å². The molecule has 10 heteroatoms. The van der Waals surface area contributed by atoms with Crippen LogP contribution in [0.25, 0.3) is 10.2 Å². The van der Waals surface area contributed by atoms with Gasteiger partial charge in [0.05, 0.1) is 16.7 Å². The predicted octanol–water partition coefficient (Wildman–Crippen LogP) is 3.38. The van der Waals surface area contributed by atoms with Gasteiger partial charge >= 0.3 is 0 Å². The Bertz CT molecular complexity index is 1240. The lowest BCUT2D eigenvalue weighted by atomic mass is 9.95. The van der Waals surface area contributed by atoms with Crippen LogP contribution in [0.5, 0.6) is 0 Å². The number of carbonyl (C=O) groups is 2. The average Bonchev–Trinajstić information content (AvgIpc) is 3.20. The Morgan fingerprint density at radius 2 is 1.97 bits per heavy atom. The maximum Gasteiger partial charge on any atom is 0.262 e. The van der Waals surface area contributed by atoms with Crippen LogP contribution >= 0.6 is 34.4 Å². The monoisotopic (exact) mass is 462 g/mol. The third-order valence-electron chi connectivity index (χ3n) is 5.37. The van der Waals surface area contributed by atoms with Crippen molar-refractivity contribution in [3.8, 4) is 0 Å². The summed E-state index contributed by atoms with van der Waals surface area (Å²) < 4.78 is 1.48. The van der Waals surface area contributed by atoms with Gasteiger partial charge in [-0.05, 0) is 50.7 Å². The number of thioether (sulfide) groups is 1. The normalized spacial score (nSPS) is 13.4. The number of nitrogens with two attached hydrogens (primary N) is 1. The predicted molar refractivity (Wildman–Crippen MR) is 123 cm³/mol. The zero-order valence-corrected chi connectivity index (χ0v) is 19.4. The molecule has 0 spiro atoms. The molecule has 3 N–H and O–H groups in total. The highest BCUT2D eigenvalue weighted by molar-refractivity contribution is 7.99. The lowest BCUT2D eigenvalue weighted by Gasteiger charge is -2.11. The number of anilines is 1. The van der Waals surface area contributed by atoms with E-state index in [1.54, 1.807) is 7.05 Å². The van der Waals surface area contributed by atoms with Gasteiger partial charge in [-0.3, -0.25) is 19.0 Å². The molecular weight excluding hydrogens is 440 g/mol. The molecular formula is C20H22N4O3S3. The maximum absolute atomic E-state index is 12.7. The van der Waals surface area contributed by atoms with Crippen molar-refractivity contribution in [1.82, 2.24) is 9.55 Å². The Hall–Kier alpha value is -2.17. The van der Waals surface area contributed by atoms with Crippen molar-refractivity contribution in [1.29, 1.82) is 0 Å². The number of aryl methyl sites for hydroxylation is 3. The van der Waals surface area contributed by atoms with Crippen LogP contribution in [0.3, 0.4) is 0 Å². The minimum atomic E-state index is -0.504. The summed E-state index contributed by atoms with van der Waals surface area (Å²) in [7, 11) is 1.67. The molecule has 0 bridgehead atoms. The van der Waals surface area contributed by atoms with E-state index in [0.717, 1.165) is 46.6 Å². The number of nitrogens with zero attached hydrogens (tertiary/aromatic N) is 2. The molecule has 158 valence electrons. The average molecular weight is 463 g/mol. The quantitative estimate of drug-likeness (QED) is 0.446. The van der Waals surface area contributed by atoms with Gasteiger partial charge in [0.15, 0.2) is 5.16 Å². The summed E-state index contributed by atoms with van der Waals surface area (Å²) >= 11 is 4.13. The second kappa shape index (κ2) is 8.16. The molecule has 0 radical (unpaired) electrons. The van der Waals surface area contributed by atoms with E-state index >= 15 is 0 Å². The van der Waals surface area contributed by atoms with Gasteiger partial charge in [0.25, 0.3) is 11.5 Å². The number of carbonyl (C=O) groups excluding carboxylic acids is 2. The van der Waals surface area contributed by atoms with Crippen molar-refractivity contribution in [2.45, 2.75) is 44.7 Å². The minimum absolute atomic E-state index is 0.0793. The van der Waals surface area contributed by atoms with Crippen LogP contribution in [0.2, 0.25) is 0 Å². The van der Waals surface area contributed by atoms with Gasteiger partial charge in [0.1, 0.15) is 9.83 Å². The second-order valence-corrected chi connectivity index (χ2v) is 10.6. The molecule has 0 atom stereocenters. The van der Waals surface area contributed by atoms with Gasteiger partial charge in [0.2, 0.25) is 5.91 Å². The first kappa shape index (κ1) is 21.1. The molecule has 0 aliphatic heterocycles. The van der Waals surface area contributed by atoms with Crippen LogP contribution in [0.15, 0.2) is 9.95 Å². The highest BCUT2D eigenvalue weighted by Gasteiger charge is 2.25. The largest absolute Gasteiger partial charge is 0.365 e. The molecule has 0 aromatic carbocycles. The van der Waals surface area contributed by atoms with E-state index in [2.05, 4.69) is 10.3 Å². The van der Waals surface area contributed by atoms with Crippen molar-refractivity contribution in [3.05, 3.63) is 36.8 Å². The summed E-state index contributed by atoms with van der Waals surface area (Å²) in [5.41, 5.74) is 7.88. The van der Waals surface area contributed by atoms with Gasteiger partial charge < -0.3 is 11.1 Å². The molecule has 4 rings (SSSR count). The zero-order chi connectivity index (χ0) is 21.6. The molecule has 30 heavy (non-hydrogen) atoms. The Balaban J connectivity index is 1.54. The first-order valence-electron chi connectivity index (χ1n) is 9.61. The number of rotatable bonds is 5. The third kappa shape index (κ3) is 3.67. The fourth-order valence-electron chi connectivity index (χ4n) is 3.69. The standard InChI is InChI=1S/C20H22N4O3S3/c1-9-10(2)29-17-14(9)19(27)24(3)20(23-17)28-8-13(25)22-18-15(16(21)26)11-6-4-5-7-12(11)30-18/h4-8H2,1-3H3,(H2,21,26)(H,22,25). The van der Waals surface area contributed by atoms with Crippen LogP contribution in [-0.2, 0) is 24.7 Å². The van der Waals surface area contributed by atoms with Crippen molar-refractivity contribution in [2.24, 2.45) is 12.8 Å². The van der Waals surface area contributed by atoms with Crippen LogP contribution in [0, 0.1) is 13.8 Å². The molecule has 0 saturated carbocycles. The van der Waals surface area contributed by atoms with Gasteiger partial charge in [-0.25, -0.2) is 4.98 Å². The molecule has 0 saturated heterocycles. The van der Waals surface area contributed by atoms with Gasteiger partial charge in [0, 0.05) is 16.8 Å². The molecule has 3 heterocycles. The summed E-state index contributed by atoms with van der Waals surface area (Å²) in [6.07, 6.45) is 3.84. The molecule has 7 nitrogen and oxygen atoms in total. The van der Waals surface area contributed by atoms with Crippen LogP contribution in [0.1, 0.15) is 44.1 Å². The van der Waals surface area contributed by atoms with E-state index in [0.29, 0.717) is 25.9 Å². The van der Waals surface area contributed by atoms with E-state index in [1.807, 2.05) is 13.8 Å². The van der Waals surface area contributed by atoms with Crippen LogP contribution in [-0.4, -0.2) is 27.1 Å². The smallest absolute Gasteiger partial charge is 0.262 e. The van der Waals surface area contributed by atoms with Crippen molar-refractivity contribution < 1.29 is 9.59 Å². The maximum atomic E-state index is 12.7. The Morgan fingerprint density at radius 1 is 1.23 bits per heavy atom. The van der Waals surface area contributed by atoms with Crippen molar-refractivity contribution in [2.75, 3.05) is 11.1 Å². The zero-order valence-electron chi connectivity index (χ0n) is 17.0. The highest BCUT2D eigenvalue weighted by atomic mass is 32.2. The number of thiophene rings is 2. The third-order valence-corrected chi connectivity index (χ3v) is 8.71. The minimum Gasteiger partial charge on any atom is -0.365 e. The van der Waals surface area contributed by atoms with Crippen LogP contribution < -0.4 is 16.6 Å². The Morgan fingerprint density at radius 3 is 2.70 bits per heavy atom. The molecule has 1 aliphatic carbocycles. The highest BCUT2D eigenvalue weighted by Crippen LogP contribution is 2.38. The lowest BCUT2D eigenvalue weighted by Crippen LogP contribution is -2.22. The van der Waals surface area contributed by atoms with Gasteiger partial charge in [-0.15, -0.1) is 22.7 Å². The number of hydrogen-bond acceptors (Lipinski definition) is 7. The SMILES string of the molecule is Cc1sc2nc(SCC(=O)Nc3sc4c(c3C(N)=O)CCCC4)n(C)c(=O)c2c1C.